The summed E-state index contributed by atoms with van der Waals surface area (Å²) in [6.07, 6.45) is 2.86. The van der Waals surface area contributed by atoms with Crippen molar-refractivity contribution in [2.75, 3.05) is 40.4 Å². The van der Waals surface area contributed by atoms with Crippen molar-refractivity contribution in [2.24, 2.45) is 16.3 Å². The predicted octanol–water partition coefficient (Wildman–Crippen LogP) is 0.0822. The zero-order chi connectivity index (χ0) is 15.5. The molecule has 0 atom stereocenters. The van der Waals surface area contributed by atoms with Crippen LogP contribution in [0.25, 0.3) is 0 Å². The lowest BCUT2D eigenvalue weighted by atomic mass is 9.77. The Labute approximate surface area is 125 Å². The van der Waals surface area contributed by atoms with Gasteiger partial charge in [0.25, 0.3) is 0 Å². The van der Waals surface area contributed by atoms with Crippen LogP contribution in [-0.4, -0.2) is 73.2 Å². The highest BCUT2D eigenvalue weighted by molar-refractivity contribution is 6.06. The number of hydrogen-bond donors (Lipinski definition) is 2. The van der Waals surface area contributed by atoms with Crippen LogP contribution in [0.2, 0.25) is 0 Å². The van der Waals surface area contributed by atoms with E-state index in [0.29, 0.717) is 26.1 Å². The summed E-state index contributed by atoms with van der Waals surface area (Å²) < 4.78 is 5.34. The highest BCUT2D eigenvalue weighted by Gasteiger charge is 2.47. The second kappa shape index (κ2) is 6.62. The molecule has 0 bridgehead atoms. The minimum absolute atomic E-state index is 0.00979. The Kier molecular flexibility index (Phi) is 5.05. The molecule has 2 fully saturated rings. The fraction of sp³-hybridized carbons (Fsp3) is 0.857. The van der Waals surface area contributed by atoms with Gasteiger partial charge in [-0.2, -0.15) is 0 Å². The molecular formula is C14H26N4O3. The zero-order valence-corrected chi connectivity index (χ0v) is 12.9. The number of amidine groups is 1. The van der Waals surface area contributed by atoms with Crippen molar-refractivity contribution in [3.8, 4) is 0 Å². The van der Waals surface area contributed by atoms with Gasteiger partial charge >= 0.3 is 0 Å². The Bertz CT molecular complexity index is 399. The maximum Gasteiger partial charge on any atom is 0.236 e. The minimum atomic E-state index is -0.912. The van der Waals surface area contributed by atoms with Gasteiger partial charge < -0.3 is 25.5 Å². The van der Waals surface area contributed by atoms with E-state index in [0.717, 1.165) is 25.9 Å². The average Bonchev–Trinajstić information content (AvgIpc) is 2.54. The summed E-state index contributed by atoms with van der Waals surface area (Å²) >= 11 is 0. The van der Waals surface area contributed by atoms with Gasteiger partial charge in [-0.1, -0.05) is 5.16 Å². The largest absolute Gasteiger partial charge is 0.409 e. The van der Waals surface area contributed by atoms with E-state index in [1.165, 1.54) is 0 Å². The Morgan fingerprint density at radius 1 is 1.38 bits per heavy atom. The van der Waals surface area contributed by atoms with Gasteiger partial charge in [-0.15, -0.1) is 0 Å². The van der Waals surface area contributed by atoms with Crippen LogP contribution in [-0.2, 0) is 9.53 Å². The summed E-state index contributed by atoms with van der Waals surface area (Å²) in [7, 11) is 3.93. The molecule has 2 rings (SSSR count). The number of likely N-dealkylation sites (tertiary alicyclic amines) is 1. The fourth-order valence-electron chi connectivity index (χ4n) is 3.28. The summed E-state index contributed by atoms with van der Waals surface area (Å²) in [5.74, 6) is -0.0359. The molecule has 3 N–H and O–H groups in total. The monoisotopic (exact) mass is 298 g/mol. The van der Waals surface area contributed by atoms with Gasteiger partial charge in [0.15, 0.2) is 5.84 Å². The number of nitrogens with zero attached hydrogens (tertiary/aromatic N) is 3. The van der Waals surface area contributed by atoms with Crippen LogP contribution in [0, 0.1) is 5.41 Å². The lowest BCUT2D eigenvalue weighted by Crippen LogP contribution is -2.56. The molecule has 0 saturated carbocycles. The first kappa shape index (κ1) is 16.0. The van der Waals surface area contributed by atoms with Crippen molar-refractivity contribution in [1.29, 1.82) is 0 Å². The van der Waals surface area contributed by atoms with Crippen LogP contribution in [0.15, 0.2) is 5.16 Å². The Morgan fingerprint density at radius 2 is 1.95 bits per heavy atom. The van der Waals surface area contributed by atoms with Gasteiger partial charge in [-0.3, -0.25) is 4.79 Å². The van der Waals surface area contributed by atoms with E-state index in [2.05, 4.69) is 17.1 Å². The topological polar surface area (TPSA) is 91.4 Å². The van der Waals surface area contributed by atoms with E-state index in [-0.39, 0.29) is 17.8 Å². The molecule has 2 aliphatic heterocycles. The predicted molar refractivity (Wildman–Crippen MR) is 79.2 cm³/mol. The van der Waals surface area contributed by atoms with Gasteiger partial charge in [0.1, 0.15) is 5.41 Å². The van der Waals surface area contributed by atoms with Crippen molar-refractivity contribution in [1.82, 2.24) is 9.80 Å². The van der Waals surface area contributed by atoms with E-state index in [4.69, 9.17) is 15.7 Å². The van der Waals surface area contributed by atoms with Gasteiger partial charge in [0, 0.05) is 26.3 Å². The van der Waals surface area contributed by atoms with E-state index in [1.807, 2.05) is 7.05 Å². The first-order valence-corrected chi connectivity index (χ1v) is 7.53. The molecule has 0 spiro atoms. The quantitative estimate of drug-likeness (QED) is 0.333. The first-order chi connectivity index (χ1) is 10.0. The highest BCUT2D eigenvalue weighted by atomic mass is 16.5. The Hall–Kier alpha value is -1.34. The van der Waals surface area contributed by atoms with Crippen LogP contribution in [0.1, 0.15) is 25.7 Å². The second-order valence-electron chi connectivity index (χ2n) is 6.13. The van der Waals surface area contributed by atoms with Gasteiger partial charge in [0.05, 0.1) is 0 Å². The molecule has 0 aliphatic carbocycles. The maximum absolute atomic E-state index is 13.0. The molecule has 0 aromatic carbocycles. The standard InChI is InChI=1S/C14H26N4O3/c1-17-7-3-11(4-8-17)18(2)13(19)14(12(15)16-20)5-9-21-10-6-14/h11,20H,3-10H2,1-2H3,(H2,15,16). The molecule has 0 radical (unpaired) electrons. The van der Waals surface area contributed by atoms with E-state index >= 15 is 0 Å². The summed E-state index contributed by atoms with van der Waals surface area (Å²) in [6, 6.07) is 0.222. The third-order valence-electron chi connectivity index (χ3n) is 4.91. The number of amides is 1. The third kappa shape index (κ3) is 3.13. The van der Waals surface area contributed by atoms with Gasteiger partial charge in [-0.05, 0) is 45.8 Å². The summed E-state index contributed by atoms with van der Waals surface area (Å²) in [6.45, 7) is 2.90. The fourth-order valence-corrected chi connectivity index (χ4v) is 3.28. The highest BCUT2D eigenvalue weighted by Crippen LogP contribution is 2.34. The Balaban J connectivity index is 2.14. The lowest BCUT2D eigenvalue weighted by molar-refractivity contribution is -0.144. The molecule has 2 saturated heterocycles. The number of piperidine rings is 1. The van der Waals surface area contributed by atoms with E-state index in [1.54, 1.807) is 4.90 Å². The van der Waals surface area contributed by atoms with Crippen LogP contribution in [0.3, 0.4) is 0 Å². The number of nitrogens with two attached hydrogens (primary N) is 1. The van der Waals surface area contributed by atoms with Crippen molar-refractivity contribution in [3.05, 3.63) is 0 Å². The van der Waals surface area contributed by atoms with Crippen molar-refractivity contribution < 1.29 is 14.7 Å². The summed E-state index contributed by atoms with van der Waals surface area (Å²) in [5, 5.41) is 12.2. The summed E-state index contributed by atoms with van der Waals surface area (Å²) in [4.78, 5) is 17.1. The van der Waals surface area contributed by atoms with Crippen molar-refractivity contribution in [3.63, 3.8) is 0 Å². The molecule has 0 unspecified atom stereocenters. The maximum atomic E-state index is 13.0. The number of oxime groups is 1. The van der Waals surface area contributed by atoms with Crippen molar-refractivity contribution >= 4 is 11.7 Å². The van der Waals surface area contributed by atoms with Gasteiger partial charge in [-0.25, -0.2) is 0 Å². The van der Waals surface area contributed by atoms with Crippen LogP contribution < -0.4 is 5.73 Å². The molecule has 21 heavy (non-hydrogen) atoms. The normalized spacial score (nSPS) is 24.8. The molecule has 7 heteroatoms. The average molecular weight is 298 g/mol. The minimum Gasteiger partial charge on any atom is -0.409 e. The number of carbonyl (C=O) groups is 1. The third-order valence-corrected chi connectivity index (χ3v) is 4.91. The number of rotatable bonds is 3. The smallest absolute Gasteiger partial charge is 0.236 e. The molecule has 0 aromatic heterocycles. The second-order valence-corrected chi connectivity index (χ2v) is 6.13. The van der Waals surface area contributed by atoms with Crippen LogP contribution in [0.5, 0.6) is 0 Å². The van der Waals surface area contributed by atoms with Crippen LogP contribution in [0.4, 0.5) is 0 Å². The number of carbonyl (C=O) groups excluding carboxylic acids is 1. The molecule has 1 amide bonds. The molecule has 0 aromatic rings. The first-order valence-electron chi connectivity index (χ1n) is 7.53. The summed E-state index contributed by atoms with van der Waals surface area (Å²) in [5.41, 5.74) is 4.95. The Morgan fingerprint density at radius 3 is 2.48 bits per heavy atom. The van der Waals surface area contributed by atoms with E-state index in [9.17, 15) is 4.79 Å². The molecule has 2 aliphatic rings. The van der Waals surface area contributed by atoms with Gasteiger partial charge in [0.2, 0.25) is 5.91 Å². The molecule has 120 valence electrons. The van der Waals surface area contributed by atoms with Crippen molar-refractivity contribution in [2.45, 2.75) is 31.7 Å². The number of ether oxygens (including phenoxy) is 1. The molecular weight excluding hydrogens is 272 g/mol. The van der Waals surface area contributed by atoms with Crippen LogP contribution >= 0.6 is 0 Å². The number of hydrogen-bond acceptors (Lipinski definition) is 5. The van der Waals surface area contributed by atoms with E-state index < -0.39 is 5.41 Å². The zero-order valence-electron chi connectivity index (χ0n) is 12.9. The lowest BCUT2D eigenvalue weighted by Gasteiger charge is -2.42. The molecule has 7 nitrogen and oxygen atoms in total. The SMILES string of the molecule is CN1CCC(N(C)C(=O)C2(C(N)=NO)CCOCC2)CC1. The molecule has 2 heterocycles.